The molecule has 172 valence electrons. The number of nitro benzene ring substituents is 1. The Morgan fingerprint density at radius 3 is 2.30 bits per heavy atom. The monoisotopic (exact) mass is 467 g/mol. The van der Waals surface area contributed by atoms with E-state index in [2.05, 4.69) is 12.2 Å². The highest BCUT2D eigenvalue weighted by Gasteiger charge is 2.28. The van der Waals surface area contributed by atoms with Crippen molar-refractivity contribution < 1.29 is 18.1 Å². The number of non-ortho nitro benzene ring substituents is 1. The quantitative estimate of drug-likeness (QED) is 0.374. The van der Waals surface area contributed by atoms with Crippen molar-refractivity contribution in [1.29, 1.82) is 0 Å². The molecular formula is C24H25N3O5S. The van der Waals surface area contributed by atoms with E-state index in [0.29, 0.717) is 0 Å². The highest BCUT2D eigenvalue weighted by molar-refractivity contribution is 7.92. The van der Waals surface area contributed by atoms with Crippen LogP contribution in [0.2, 0.25) is 0 Å². The zero-order valence-electron chi connectivity index (χ0n) is 18.3. The molecule has 8 nitrogen and oxygen atoms in total. The Balaban J connectivity index is 1.90. The van der Waals surface area contributed by atoms with Gasteiger partial charge in [-0.2, -0.15) is 0 Å². The van der Waals surface area contributed by atoms with Gasteiger partial charge in [0.2, 0.25) is 5.91 Å². The van der Waals surface area contributed by atoms with Gasteiger partial charge in [0.15, 0.2) is 0 Å². The Kier molecular flexibility index (Phi) is 7.44. The van der Waals surface area contributed by atoms with Crippen LogP contribution in [0.15, 0.2) is 83.8 Å². The minimum atomic E-state index is -4.15. The van der Waals surface area contributed by atoms with Crippen LogP contribution in [0.5, 0.6) is 0 Å². The van der Waals surface area contributed by atoms with E-state index in [0.717, 1.165) is 22.4 Å². The number of nitrogens with one attached hydrogen (secondary N) is 1. The minimum Gasteiger partial charge on any atom is -0.348 e. The van der Waals surface area contributed by atoms with Crippen LogP contribution in [-0.2, 0) is 21.2 Å². The second-order valence-corrected chi connectivity index (χ2v) is 9.35. The normalized spacial score (nSPS) is 12.1. The van der Waals surface area contributed by atoms with Crippen molar-refractivity contribution in [3.05, 3.63) is 100 Å². The van der Waals surface area contributed by atoms with Crippen molar-refractivity contribution in [3.63, 3.8) is 0 Å². The number of carbonyl (C=O) groups is 1. The summed E-state index contributed by atoms with van der Waals surface area (Å²) >= 11 is 0. The van der Waals surface area contributed by atoms with Crippen LogP contribution in [0, 0.1) is 10.1 Å². The van der Waals surface area contributed by atoms with Crippen LogP contribution < -0.4 is 9.62 Å². The summed E-state index contributed by atoms with van der Waals surface area (Å²) in [6.07, 6.45) is 0.899. The maximum Gasteiger partial charge on any atom is 0.271 e. The van der Waals surface area contributed by atoms with Gasteiger partial charge in [0, 0.05) is 12.1 Å². The smallest absolute Gasteiger partial charge is 0.271 e. The fraction of sp³-hybridized carbons (Fsp3) is 0.208. The van der Waals surface area contributed by atoms with E-state index in [1.165, 1.54) is 35.9 Å². The molecule has 1 N–H and O–H groups in total. The molecule has 1 amide bonds. The van der Waals surface area contributed by atoms with Crippen molar-refractivity contribution in [2.75, 3.05) is 10.8 Å². The number of benzene rings is 3. The Hall–Kier alpha value is -3.72. The molecule has 0 bridgehead atoms. The number of anilines is 1. The SMILES string of the molecule is CCc1ccc(C(C)NC(=O)CN(c2cccc([N+](=O)[O-])c2)S(=O)(=O)c2ccccc2)cc1. The van der Waals surface area contributed by atoms with E-state index in [1.807, 2.05) is 31.2 Å². The first-order chi connectivity index (χ1) is 15.7. The number of sulfonamides is 1. The second kappa shape index (κ2) is 10.3. The van der Waals surface area contributed by atoms with Gasteiger partial charge in [0.05, 0.1) is 21.5 Å². The summed E-state index contributed by atoms with van der Waals surface area (Å²) < 4.78 is 27.6. The Morgan fingerprint density at radius 1 is 1.03 bits per heavy atom. The van der Waals surface area contributed by atoms with Crippen LogP contribution in [-0.4, -0.2) is 25.8 Å². The van der Waals surface area contributed by atoms with Crippen molar-refractivity contribution >= 4 is 27.3 Å². The van der Waals surface area contributed by atoms with Crippen LogP contribution in [0.3, 0.4) is 0 Å². The number of aryl methyl sites for hydroxylation is 1. The Labute approximate surface area is 193 Å². The molecule has 0 saturated heterocycles. The standard InChI is InChI=1S/C24H25N3O5S/c1-3-19-12-14-20(15-13-19)18(2)25-24(28)17-26(21-8-7-9-22(16-21)27(29)30)33(31,32)23-10-5-4-6-11-23/h4-16,18H,3,17H2,1-2H3,(H,25,28). The zero-order chi connectivity index (χ0) is 24.0. The molecule has 1 unspecified atom stereocenters. The fourth-order valence-electron chi connectivity index (χ4n) is 3.34. The van der Waals surface area contributed by atoms with Gasteiger partial charge in [-0.25, -0.2) is 8.42 Å². The predicted octanol–water partition coefficient (Wildman–Crippen LogP) is 4.23. The van der Waals surface area contributed by atoms with E-state index >= 15 is 0 Å². The summed E-state index contributed by atoms with van der Waals surface area (Å²) in [5.41, 5.74) is 1.81. The van der Waals surface area contributed by atoms with E-state index in [4.69, 9.17) is 0 Å². The molecule has 0 saturated carbocycles. The summed E-state index contributed by atoms with van der Waals surface area (Å²) in [5.74, 6) is -0.534. The van der Waals surface area contributed by atoms with Crippen molar-refractivity contribution in [2.24, 2.45) is 0 Å². The molecule has 33 heavy (non-hydrogen) atoms. The van der Waals surface area contributed by atoms with Gasteiger partial charge in [-0.05, 0) is 42.7 Å². The van der Waals surface area contributed by atoms with E-state index in [-0.39, 0.29) is 22.3 Å². The zero-order valence-corrected chi connectivity index (χ0v) is 19.2. The summed E-state index contributed by atoms with van der Waals surface area (Å²) in [6, 6.07) is 20.3. The van der Waals surface area contributed by atoms with Crippen molar-refractivity contribution in [2.45, 2.75) is 31.2 Å². The third kappa shape index (κ3) is 5.75. The second-order valence-electron chi connectivity index (χ2n) is 7.49. The van der Waals surface area contributed by atoms with Crippen molar-refractivity contribution in [1.82, 2.24) is 5.32 Å². The average Bonchev–Trinajstić information content (AvgIpc) is 2.83. The maximum atomic E-state index is 13.4. The van der Waals surface area contributed by atoms with Gasteiger partial charge in [-0.15, -0.1) is 0 Å². The van der Waals surface area contributed by atoms with Crippen LogP contribution >= 0.6 is 0 Å². The predicted molar refractivity (Wildman–Crippen MR) is 126 cm³/mol. The molecule has 3 aromatic rings. The molecule has 0 aliphatic heterocycles. The molecule has 0 aromatic heterocycles. The summed E-state index contributed by atoms with van der Waals surface area (Å²) in [5, 5.41) is 14.0. The Morgan fingerprint density at radius 2 is 1.70 bits per heavy atom. The maximum absolute atomic E-state index is 13.4. The lowest BCUT2D eigenvalue weighted by Gasteiger charge is -2.25. The molecule has 1 atom stereocenters. The first-order valence-electron chi connectivity index (χ1n) is 10.4. The molecule has 0 aliphatic rings. The van der Waals surface area contributed by atoms with E-state index < -0.39 is 27.4 Å². The first kappa shape index (κ1) is 23.9. The lowest BCUT2D eigenvalue weighted by molar-refractivity contribution is -0.384. The number of rotatable bonds is 9. The van der Waals surface area contributed by atoms with Crippen molar-refractivity contribution in [3.8, 4) is 0 Å². The largest absolute Gasteiger partial charge is 0.348 e. The fourth-order valence-corrected chi connectivity index (χ4v) is 4.77. The number of nitrogens with zero attached hydrogens (tertiary/aromatic N) is 2. The topological polar surface area (TPSA) is 110 Å². The number of hydrogen-bond donors (Lipinski definition) is 1. The number of carbonyl (C=O) groups excluding carboxylic acids is 1. The summed E-state index contributed by atoms with van der Waals surface area (Å²) in [4.78, 5) is 23.5. The number of amides is 1. The van der Waals surface area contributed by atoms with Gasteiger partial charge in [-0.3, -0.25) is 19.2 Å². The average molecular weight is 468 g/mol. The molecule has 3 aromatic carbocycles. The minimum absolute atomic E-state index is 0.0208. The molecule has 3 rings (SSSR count). The molecule has 0 fully saturated rings. The molecule has 0 radical (unpaired) electrons. The molecule has 0 aliphatic carbocycles. The third-order valence-electron chi connectivity index (χ3n) is 5.21. The number of nitro groups is 1. The first-order valence-corrected chi connectivity index (χ1v) is 11.9. The lowest BCUT2D eigenvalue weighted by atomic mass is 10.1. The number of hydrogen-bond acceptors (Lipinski definition) is 5. The van der Waals surface area contributed by atoms with Gasteiger partial charge in [0.25, 0.3) is 15.7 Å². The molecular weight excluding hydrogens is 442 g/mol. The van der Waals surface area contributed by atoms with E-state index in [9.17, 15) is 23.3 Å². The van der Waals surface area contributed by atoms with Crippen LogP contribution in [0.1, 0.15) is 31.0 Å². The lowest BCUT2D eigenvalue weighted by Crippen LogP contribution is -2.41. The van der Waals surface area contributed by atoms with E-state index in [1.54, 1.807) is 18.2 Å². The van der Waals surface area contributed by atoms with Gasteiger partial charge >= 0.3 is 0 Å². The van der Waals surface area contributed by atoms with Gasteiger partial charge < -0.3 is 5.32 Å². The summed E-state index contributed by atoms with van der Waals surface area (Å²) in [7, 11) is -4.15. The summed E-state index contributed by atoms with van der Waals surface area (Å²) in [6.45, 7) is 3.33. The Bertz CT molecular complexity index is 1230. The van der Waals surface area contributed by atoms with Crippen LogP contribution in [0.25, 0.3) is 0 Å². The third-order valence-corrected chi connectivity index (χ3v) is 7.00. The highest BCUT2D eigenvalue weighted by atomic mass is 32.2. The van der Waals surface area contributed by atoms with Gasteiger partial charge in [-0.1, -0.05) is 55.5 Å². The molecule has 9 heteroatoms. The highest BCUT2D eigenvalue weighted by Crippen LogP contribution is 2.27. The van der Waals surface area contributed by atoms with Crippen LogP contribution in [0.4, 0.5) is 11.4 Å². The molecule has 0 heterocycles. The molecule has 0 spiro atoms. The van der Waals surface area contributed by atoms with Gasteiger partial charge in [0.1, 0.15) is 6.54 Å².